The highest BCUT2D eigenvalue weighted by atomic mass is 32.1. The largest absolute Gasteiger partial charge is 0.453 e. The molecular weight excluding hydrogens is 402 g/mol. The van der Waals surface area contributed by atoms with E-state index in [0.29, 0.717) is 29.0 Å². The fourth-order valence-electron chi connectivity index (χ4n) is 2.83. The molecule has 2 amide bonds. The summed E-state index contributed by atoms with van der Waals surface area (Å²) in [7, 11) is 1.23. The molecule has 0 heterocycles. The number of alkyl carbamates (subject to hydrolysis) is 1. The van der Waals surface area contributed by atoms with Gasteiger partial charge in [0.1, 0.15) is 0 Å². The molecule has 0 aliphatic carbocycles. The number of carbonyl (C=O) groups excluding carboxylic acids is 3. The molecule has 0 spiro atoms. The van der Waals surface area contributed by atoms with Crippen LogP contribution in [-0.4, -0.2) is 36.6 Å². The van der Waals surface area contributed by atoms with E-state index in [-0.39, 0.29) is 16.8 Å². The lowest BCUT2D eigenvalue weighted by Gasteiger charge is -2.25. The van der Waals surface area contributed by atoms with Gasteiger partial charge in [-0.3, -0.25) is 14.9 Å². The molecule has 0 unspecified atom stereocenters. The van der Waals surface area contributed by atoms with E-state index >= 15 is 0 Å². The predicted molar refractivity (Wildman–Crippen MR) is 121 cm³/mol. The van der Waals surface area contributed by atoms with Crippen molar-refractivity contribution in [3.8, 4) is 0 Å². The first-order valence-electron chi connectivity index (χ1n) is 9.55. The zero-order valence-electron chi connectivity index (χ0n) is 17.2. The van der Waals surface area contributed by atoms with Crippen molar-refractivity contribution in [2.75, 3.05) is 23.9 Å². The van der Waals surface area contributed by atoms with Gasteiger partial charge >= 0.3 is 6.09 Å². The number of carbonyl (C=O) groups is 3. The van der Waals surface area contributed by atoms with Crippen molar-refractivity contribution < 1.29 is 19.1 Å². The number of benzene rings is 2. The molecular formula is C22H25N3O4S. The summed E-state index contributed by atoms with van der Waals surface area (Å²) in [6.07, 6.45) is 1.01. The average molecular weight is 428 g/mol. The topological polar surface area (TPSA) is 87.7 Å². The van der Waals surface area contributed by atoms with Crippen molar-refractivity contribution in [1.82, 2.24) is 5.32 Å². The molecule has 0 fully saturated rings. The number of anilines is 2. The summed E-state index contributed by atoms with van der Waals surface area (Å²) in [6, 6.07) is 13.9. The lowest BCUT2D eigenvalue weighted by atomic mass is 10.0. The number of rotatable bonds is 7. The third-order valence-corrected chi connectivity index (χ3v) is 4.55. The number of thiocarbonyl (C=S) groups is 1. The normalized spacial score (nSPS) is 10.1. The van der Waals surface area contributed by atoms with Crippen LogP contribution in [0.25, 0.3) is 0 Å². The zero-order valence-corrected chi connectivity index (χ0v) is 18.0. The fourth-order valence-corrected chi connectivity index (χ4v) is 3.02. The minimum atomic E-state index is -0.722. The number of nitrogens with one attached hydrogen (secondary N) is 2. The van der Waals surface area contributed by atoms with Gasteiger partial charge < -0.3 is 15.0 Å². The Hall–Kier alpha value is -3.26. The molecule has 0 saturated carbocycles. The first-order valence-corrected chi connectivity index (χ1v) is 9.96. The van der Waals surface area contributed by atoms with Crippen LogP contribution in [0.5, 0.6) is 0 Å². The van der Waals surface area contributed by atoms with E-state index in [1.54, 1.807) is 47.4 Å². The second kappa shape index (κ2) is 11.1. The lowest BCUT2D eigenvalue weighted by Crippen LogP contribution is -2.35. The summed E-state index contributed by atoms with van der Waals surface area (Å²) in [4.78, 5) is 38.2. The Kier molecular flexibility index (Phi) is 8.49. The van der Waals surface area contributed by atoms with Gasteiger partial charge in [0, 0.05) is 24.6 Å². The molecule has 2 N–H and O–H groups in total. The van der Waals surface area contributed by atoms with E-state index in [9.17, 15) is 14.4 Å². The van der Waals surface area contributed by atoms with Gasteiger partial charge in [-0.1, -0.05) is 43.7 Å². The van der Waals surface area contributed by atoms with Crippen molar-refractivity contribution in [3.05, 3.63) is 59.7 Å². The molecule has 0 radical (unpaired) electrons. The minimum absolute atomic E-state index is 0.00796. The molecule has 0 bridgehead atoms. The SMILES string of the molecule is CCCCN(C(C)=O)c1ccc(C(=O)c2ccccc2)cc1NC(=S)NC(=O)OC. The van der Waals surface area contributed by atoms with E-state index in [1.807, 2.05) is 13.0 Å². The van der Waals surface area contributed by atoms with Gasteiger partial charge in [0.25, 0.3) is 0 Å². The van der Waals surface area contributed by atoms with E-state index in [4.69, 9.17) is 12.2 Å². The van der Waals surface area contributed by atoms with Gasteiger partial charge in [-0.2, -0.15) is 0 Å². The summed E-state index contributed by atoms with van der Waals surface area (Å²) in [5.41, 5.74) is 1.97. The zero-order chi connectivity index (χ0) is 22.1. The number of amides is 2. The van der Waals surface area contributed by atoms with E-state index < -0.39 is 6.09 Å². The summed E-state index contributed by atoms with van der Waals surface area (Å²) >= 11 is 5.17. The highest BCUT2D eigenvalue weighted by molar-refractivity contribution is 7.80. The third-order valence-electron chi connectivity index (χ3n) is 4.35. The van der Waals surface area contributed by atoms with Gasteiger partial charge in [0.2, 0.25) is 5.91 Å². The molecule has 2 aromatic rings. The van der Waals surface area contributed by atoms with Gasteiger partial charge in [0.05, 0.1) is 18.5 Å². The van der Waals surface area contributed by atoms with E-state index in [1.165, 1.54) is 14.0 Å². The highest BCUT2D eigenvalue weighted by Gasteiger charge is 2.19. The Morgan fingerprint density at radius 3 is 2.37 bits per heavy atom. The summed E-state index contributed by atoms with van der Waals surface area (Å²) in [5.74, 6) is -0.305. The molecule has 8 heteroatoms. The highest BCUT2D eigenvalue weighted by Crippen LogP contribution is 2.29. The Bertz CT molecular complexity index is 931. The van der Waals surface area contributed by atoms with Crippen LogP contribution in [0.2, 0.25) is 0 Å². The van der Waals surface area contributed by atoms with Crippen LogP contribution in [0.3, 0.4) is 0 Å². The standard InChI is InChI=1S/C22H25N3O4S/c1-4-5-13-25(15(2)26)19-12-11-17(20(27)16-9-7-6-8-10-16)14-18(19)23-21(30)24-22(28)29-3/h6-12,14H,4-5,13H2,1-3H3,(H2,23,24,28,30). The number of methoxy groups -OCH3 is 1. The van der Waals surface area contributed by atoms with Crippen molar-refractivity contribution in [2.45, 2.75) is 26.7 Å². The molecule has 2 aromatic carbocycles. The second-order valence-electron chi connectivity index (χ2n) is 6.52. The first-order chi connectivity index (χ1) is 14.4. The monoisotopic (exact) mass is 427 g/mol. The number of hydrogen-bond donors (Lipinski definition) is 2. The Morgan fingerprint density at radius 2 is 1.77 bits per heavy atom. The number of nitrogens with zero attached hydrogens (tertiary/aromatic N) is 1. The molecule has 0 atom stereocenters. The van der Waals surface area contributed by atoms with Crippen LogP contribution >= 0.6 is 12.2 Å². The fraction of sp³-hybridized carbons (Fsp3) is 0.273. The Labute approximate surface area is 181 Å². The maximum Gasteiger partial charge on any atom is 0.413 e. The maximum atomic E-state index is 12.9. The smallest absolute Gasteiger partial charge is 0.413 e. The summed E-state index contributed by atoms with van der Waals surface area (Å²) in [6.45, 7) is 4.03. The summed E-state index contributed by atoms with van der Waals surface area (Å²) < 4.78 is 4.55. The molecule has 7 nitrogen and oxygen atoms in total. The average Bonchev–Trinajstić information content (AvgIpc) is 2.74. The number of unbranched alkanes of at least 4 members (excludes halogenated alkanes) is 1. The van der Waals surface area contributed by atoms with Gasteiger partial charge in [0.15, 0.2) is 10.9 Å². The second-order valence-corrected chi connectivity index (χ2v) is 6.93. The molecule has 2 rings (SSSR count). The van der Waals surface area contributed by atoms with Crippen LogP contribution in [0.15, 0.2) is 48.5 Å². The molecule has 0 aromatic heterocycles. The maximum absolute atomic E-state index is 12.9. The lowest BCUT2D eigenvalue weighted by molar-refractivity contribution is -0.116. The van der Waals surface area contributed by atoms with Gasteiger partial charge in [-0.05, 0) is 36.8 Å². The first kappa shape index (κ1) is 23.0. The Balaban J connectivity index is 2.44. The van der Waals surface area contributed by atoms with Crippen LogP contribution in [0.1, 0.15) is 42.6 Å². The molecule has 0 aliphatic heterocycles. The van der Waals surface area contributed by atoms with Crippen molar-refractivity contribution >= 4 is 46.5 Å². The van der Waals surface area contributed by atoms with Crippen molar-refractivity contribution in [1.29, 1.82) is 0 Å². The minimum Gasteiger partial charge on any atom is -0.453 e. The Morgan fingerprint density at radius 1 is 1.07 bits per heavy atom. The molecule has 0 aliphatic rings. The van der Waals surface area contributed by atoms with Crippen LogP contribution in [0, 0.1) is 0 Å². The number of ether oxygens (including phenoxy) is 1. The number of hydrogen-bond acceptors (Lipinski definition) is 5. The van der Waals surface area contributed by atoms with E-state index in [0.717, 1.165) is 12.8 Å². The molecule has 158 valence electrons. The van der Waals surface area contributed by atoms with Crippen LogP contribution in [-0.2, 0) is 9.53 Å². The predicted octanol–water partition coefficient (Wildman–Crippen LogP) is 4.12. The molecule has 0 saturated heterocycles. The number of ketones is 1. The molecule has 30 heavy (non-hydrogen) atoms. The van der Waals surface area contributed by atoms with Crippen LogP contribution < -0.4 is 15.5 Å². The third kappa shape index (κ3) is 6.12. The van der Waals surface area contributed by atoms with Crippen molar-refractivity contribution in [3.63, 3.8) is 0 Å². The van der Waals surface area contributed by atoms with Crippen molar-refractivity contribution in [2.24, 2.45) is 0 Å². The van der Waals surface area contributed by atoms with Gasteiger partial charge in [-0.25, -0.2) is 4.79 Å². The quantitative estimate of drug-likeness (QED) is 0.510. The van der Waals surface area contributed by atoms with Crippen LogP contribution in [0.4, 0.5) is 16.2 Å². The van der Waals surface area contributed by atoms with E-state index in [2.05, 4.69) is 15.4 Å². The van der Waals surface area contributed by atoms with Gasteiger partial charge in [-0.15, -0.1) is 0 Å². The summed E-state index contributed by atoms with van der Waals surface area (Å²) in [5, 5.41) is 5.27.